The van der Waals surface area contributed by atoms with Crippen molar-refractivity contribution in [3.05, 3.63) is 65.7 Å². The van der Waals surface area contributed by atoms with Gasteiger partial charge in [-0.2, -0.15) is 4.98 Å². The zero-order chi connectivity index (χ0) is 19.4. The number of aryl methyl sites for hydroxylation is 1. The molecule has 0 spiro atoms. The lowest BCUT2D eigenvalue weighted by Gasteiger charge is -2.13. The summed E-state index contributed by atoms with van der Waals surface area (Å²) >= 11 is 0. The van der Waals surface area contributed by atoms with Gasteiger partial charge in [0, 0.05) is 38.8 Å². The lowest BCUT2D eigenvalue weighted by molar-refractivity contribution is 0.0951. The van der Waals surface area contributed by atoms with E-state index in [0.29, 0.717) is 17.9 Å². The van der Waals surface area contributed by atoms with Gasteiger partial charge in [0.15, 0.2) is 5.82 Å². The summed E-state index contributed by atoms with van der Waals surface area (Å²) in [5.74, 6) is 1.52. The van der Waals surface area contributed by atoms with Crippen LogP contribution >= 0.6 is 0 Å². The van der Waals surface area contributed by atoms with Crippen molar-refractivity contribution in [1.82, 2.24) is 20.1 Å². The van der Waals surface area contributed by atoms with E-state index in [-0.39, 0.29) is 11.8 Å². The number of hydrogen-bond donors (Lipinski definition) is 1. The van der Waals surface area contributed by atoms with E-state index in [1.165, 1.54) is 5.56 Å². The molecular weight excluding hydrogens is 338 g/mol. The molecular formula is C21H25N5O. The van der Waals surface area contributed by atoms with Gasteiger partial charge in [-0.25, -0.2) is 4.68 Å². The van der Waals surface area contributed by atoms with E-state index in [1.54, 1.807) is 4.68 Å². The second-order valence-corrected chi connectivity index (χ2v) is 6.86. The first-order chi connectivity index (χ1) is 13.0. The van der Waals surface area contributed by atoms with E-state index in [0.717, 1.165) is 11.5 Å². The summed E-state index contributed by atoms with van der Waals surface area (Å²) < 4.78 is 1.73. The molecule has 1 N–H and O–H groups in total. The van der Waals surface area contributed by atoms with Crippen molar-refractivity contribution in [3.8, 4) is 11.4 Å². The third-order valence-electron chi connectivity index (χ3n) is 4.46. The highest BCUT2D eigenvalue weighted by molar-refractivity contribution is 5.95. The smallest absolute Gasteiger partial charge is 0.251 e. The fraction of sp³-hybridized carbons (Fsp3) is 0.286. The number of rotatable bonds is 6. The molecule has 1 aromatic heterocycles. The number of carbonyl (C=O) groups is 1. The SMILES string of the molecule is C[C@H](CNC(=O)c1cccc(-c2nc(N(C)C)n(C)n2)c1)c1ccccc1. The number of anilines is 1. The zero-order valence-corrected chi connectivity index (χ0v) is 16.2. The number of nitrogens with one attached hydrogen (secondary N) is 1. The molecule has 1 heterocycles. The maximum absolute atomic E-state index is 12.6. The van der Waals surface area contributed by atoms with Crippen LogP contribution in [0.3, 0.4) is 0 Å². The molecule has 0 radical (unpaired) electrons. The number of aromatic nitrogens is 3. The monoisotopic (exact) mass is 363 g/mol. The standard InChI is InChI=1S/C21H25N5O/c1-15(16-9-6-5-7-10-16)14-22-20(27)18-12-8-11-17(13-18)19-23-21(25(2)3)26(4)24-19/h5-13,15H,14H2,1-4H3,(H,22,27)/t15-/m1/s1. The van der Waals surface area contributed by atoms with E-state index >= 15 is 0 Å². The highest BCUT2D eigenvalue weighted by atomic mass is 16.1. The minimum atomic E-state index is -0.0941. The van der Waals surface area contributed by atoms with Gasteiger partial charge in [-0.3, -0.25) is 4.79 Å². The molecule has 0 saturated carbocycles. The van der Waals surface area contributed by atoms with Gasteiger partial charge in [0.05, 0.1) is 0 Å². The normalized spacial score (nSPS) is 11.9. The molecule has 0 bridgehead atoms. The molecule has 6 heteroatoms. The third-order valence-corrected chi connectivity index (χ3v) is 4.46. The lowest BCUT2D eigenvalue weighted by atomic mass is 10.0. The summed E-state index contributed by atoms with van der Waals surface area (Å²) in [6, 6.07) is 17.6. The summed E-state index contributed by atoms with van der Waals surface area (Å²) in [5.41, 5.74) is 2.63. The molecule has 0 unspecified atom stereocenters. The van der Waals surface area contributed by atoms with E-state index in [9.17, 15) is 4.79 Å². The summed E-state index contributed by atoms with van der Waals surface area (Å²) in [4.78, 5) is 19.0. The van der Waals surface area contributed by atoms with E-state index < -0.39 is 0 Å². The predicted octanol–water partition coefficient (Wildman–Crippen LogP) is 3.08. The van der Waals surface area contributed by atoms with Crippen LogP contribution in [0.5, 0.6) is 0 Å². The van der Waals surface area contributed by atoms with Crippen molar-refractivity contribution in [3.63, 3.8) is 0 Å². The van der Waals surface area contributed by atoms with Gasteiger partial charge in [0.2, 0.25) is 5.95 Å². The van der Waals surface area contributed by atoms with Crippen molar-refractivity contribution in [2.24, 2.45) is 7.05 Å². The molecule has 0 saturated heterocycles. The second kappa shape index (κ2) is 8.03. The molecule has 2 aromatic carbocycles. The van der Waals surface area contributed by atoms with Gasteiger partial charge in [-0.15, -0.1) is 5.10 Å². The van der Waals surface area contributed by atoms with Gasteiger partial charge in [0.1, 0.15) is 0 Å². The van der Waals surface area contributed by atoms with Crippen molar-refractivity contribution in [1.29, 1.82) is 0 Å². The summed E-state index contributed by atoms with van der Waals surface area (Å²) in [5, 5.41) is 7.47. The topological polar surface area (TPSA) is 63.1 Å². The summed E-state index contributed by atoms with van der Waals surface area (Å²) in [6.07, 6.45) is 0. The van der Waals surface area contributed by atoms with Gasteiger partial charge in [-0.1, -0.05) is 49.4 Å². The van der Waals surface area contributed by atoms with Crippen LogP contribution in [0.25, 0.3) is 11.4 Å². The van der Waals surface area contributed by atoms with Crippen LogP contribution in [0.1, 0.15) is 28.8 Å². The van der Waals surface area contributed by atoms with Crippen LogP contribution < -0.4 is 10.2 Å². The van der Waals surface area contributed by atoms with Crippen LogP contribution in [-0.2, 0) is 7.05 Å². The van der Waals surface area contributed by atoms with Gasteiger partial charge in [-0.05, 0) is 23.6 Å². The summed E-state index contributed by atoms with van der Waals surface area (Å²) in [6.45, 7) is 2.69. The fourth-order valence-electron chi connectivity index (χ4n) is 2.93. The molecule has 140 valence electrons. The van der Waals surface area contributed by atoms with Gasteiger partial charge >= 0.3 is 0 Å². The predicted molar refractivity (Wildman–Crippen MR) is 108 cm³/mol. The Labute approximate surface area is 159 Å². The third kappa shape index (κ3) is 4.34. The van der Waals surface area contributed by atoms with Crippen LogP contribution in [0.15, 0.2) is 54.6 Å². The van der Waals surface area contributed by atoms with Crippen molar-refractivity contribution < 1.29 is 4.79 Å². The average molecular weight is 363 g/mol. The minimum Gasteiger partial charge on any atom is -0.351 e. The minimum absolute atomic E-state index is 0.0941. The first kappa shape index (κ1) is 18.6. The Hall–Kier alpha value is -3.15. The second-order valence-electron chi connectivity index (χ2n) is 6.86. The number of hydrogen-bond acceptors (Lipinski definition) is 4. The van der Waals surface area contributed by atoms with Crippen LogP contribution in [0, 0.1) is 0 Å². The molecule has 27 heavy (non-hydrogen) atoms. The van der Waals surface area contributed by atoms with Gasteiger partial charge < -0.3 is 10.2 Å². The molecule has 3 rings (SSSR count). The quantitative estimate of drug-likeness (QED) is 0.731. The van der Waals surface area contributed by atoms with Crippen molar-refractivity contribution in [2.45, 2.75) is 12.8 Å². The van der Waals surface area contributed by atoms with Crippen molar-refractivity contribution in [2.75, 3.05) is 25.5 Å². The Bertz CT molecular complexity index is 917. The Morgan fingerprint density at radius 2 is 1.89 bits per heavy atom. The number of amides is 1. The van der Waals surface area contributed by atoms with E-state index in [4.69, 9.17) is 0 Å². The number of nitrogens with zero attached hydrogens (tertiary/aromatic N) is 4. The summed E-state index contributed by atoms with van der Waals surface area (Å²) in [7, 11) is 5.70. The first-order valence-electron chi connectivity index (χ1n) is 8.97. The highest BCUT2D eigenvalue weighted by Crippen LogP contribution is 2.20. The van der Waals surface area contributed by atoms with Crippen LogP contribution in [-0.4, -0.2) is 41.3 Å². The zero-order valence-electron chi connectivity index (χ0n) is 16.2. The fourth-order valence-corrected chi connectivity index (χ4v) is 2.93. The molecule has 0 aliphatic rings. The number of carbonyl (C=O) groups excluding carboxylic acids is 1. The lowest BCUT2D eigenvalue weighted by Crippen LogP contribution is -2.27. The van der Waals surface area contributed by atoms with Crippen molar-refractivity contribution >= 4 is 11.9 Å². The van der Waals surface area contributed by atoms with Gasteiger partial charge in [0.25, 0.3) is 5.91 Å². The average Bonchev–Trinajstić information content (AvgIpc) is 3.08. The molecule has 1 amide bonds. The molecule has 0 fully saturated rings. The van der Waals surface area contributed by atoms with E-state index in [2.05, 4.69) is 34.5 Å². The Kier molecular flexibility index (Phi) is 5.54. The Morgan fingerprint density at radius 1 is 1.15 bits per heavy atom. The van der Waals surface area contributed by atoms with E-state index in [1.807, 2.05) is 68.5 Å². The molecule has 6 nitrogen and oxygen atoms in total. The Morgan fingerprint density at radius 3 is 2.56 bits per heavy atom. The maximum atomic E-state index is 12.6. The first-order valence-corrected chi connectivity index (χ1v) is 8.97. The molecule has 0 aliphatic heterocycles. The van der Waals surface area contributed by atoms with Crippen LogP contribution in [0.4, 0.5) is 5.95 Å². The molecule has 3 aromatic rings. The van der Waals surface area contributed by atoms with Crippen LogP contribution in [0.2, 0.25) is 0 Å². The maximum Gasteiger partial charge on any atom is 0.251 e. The molecule has 0 aliphatic carbocycles. The largest absolute Gasteiger partial charge is 0.351 e. The number of benzene rings is 2. The Balaban J connectivity index is 1.71. The molecule has 1 atom stereocenters. The highest BCUT2D eigenvalue weighted by Gasteiger charge is 2.14.